The van der Waals surface area contributed by atoms with Crippen LogP contribution in [0.2, 0.25) is 0 Å². The fourth-order valence-corrected chi connectivity index (χ4v) is 2.82. The van der Waals surface area contributed by atoms with Gasteiger partial charge in [-0.3, -0.25) is 15.6 Å². The highest BCUT2D eigenvalue weighted by Gasteiger charge is 2.17. The average Bonchev–Trinajstić information content (AvgIpc) is 3.11. The highest BCUT2D eigenvalue weighted by atomic mass is 16.3. The first-order chi connectivity index (χ1) is 13.4. The van der Waals surface area contributed by atoms with E-state index in [9.17, 15) is 4.79 Å². The summed E-state index contributed by atoms with van der Waals surface area (Å²) in [6.07, 6.45) is 0.176. The second-order valence-electron chi connectivity index (χ2n) is 6.30. The van der Waals surface area contributed by atoms with Gasteiger partial charge in [0.2, 0.25) is 5.91 Å². The Balaban J connectivity index is 2.03. The molecule has 0 aliphatic carbocycles. The van der Waals surface area contributed by atoms with Crippen molar-refractivity contribution in [2.45, 2.75) is 6.42 Å². The topological polar surface area (TPSA) is 142 Å². The number of nitrogen functional groups attached to an aromatic ring is 2. The number of likely N-dealkylation sites (N-methyl/N-ethyl adjacent to an activating group) is 1. The molecule has 1 amide bonds. The van der Waals surface area contributed by atoms with Gasteiger partial charge in [-0.2, -0.15) is 0 Å². The van der Waals surface area contributed by atoms with Crippen LogP contribution in [-0.4, -0.2) is 24.6 Å². The molecular weight excluding hydrogens is 354 g/mol. The molecular formula is C21H21N5O2. The molecule has 0 spiro atoms. The molecule has 0 radical (unpaired) electrons. The predicted molar refractivity (Wildman–Crippen MR) is 109 cm³/mol. The van der Waals surface area contributed by atoms with Gasteiger partial charge in [-0.1, -0.05) is 48.5 Å². The van der Waals surface area contributed by atoms with Gasteiger partial charge in [0.05, 0.1) is 6.42 Å². The van der Waals surface area contributed by atoms with Crippen molar-refractivity contribution in [2.24, 2.45) is 11.5 Å². The highest BCUT2D eigenvalue weighted by molar-refractivity contribution is 5.96. The molecule has 0 saturated heterocycles. The molecule has 0 aliphatic rings. The van der Waals surface area contributed by atoms with Gasteiger partial charge in [0.1, 0.15) is 23.2 Å². The normalized spacial score (nSPS) is 10.5. The number of amides is 1. The fourth-order valence-electron chi connectivity index (χ4n) is 2.82. The summed E-state index contributed by atoms with van der Waals surface area (Å²) in [7, 11) is 1.59. The molecule has 3 aromatic rings. The summed E-state index contributed by atoms with van der Waals surface area (Å²) in [4.78, 5) is 11.9. The summed E-state index contributed by atoms with van der Waals surface area (Å²) in [5.41, 5.74) is 14.6. The summed E-state index contributed by atoms with van der Waals surface area (Å²) < 4.78 is 6.08. The summed E-state index contributed by atoms with van der Waals surface area (Å²) >= 11 is 0. The minimum atomic E-state index is -0.124. The fraction of sp³-hybridized carbons (Fsp3) is 0.0952. The second-order valence-corrected chi connectivity index (χ2v) is 6.30. The van der Waals surface area contributed by atoms with E-state index in [1.807, 2.05) is 30.3 Å². The number of amidine groups is 2. The van der Waals surface area contributed by atoms with Crippen LogP contribution in [0.5, 0.6) is 0 Å². The number of nitrogens with one attached hydrogen (secondary N) is 3. The molecule has 7 heteroatoms. The Morgan fingerprint density at radius 1 is 0.929 bits per heavy atom. The summed E-state index contributed by atoms with van der Waals surface area (Å²) in [5, 5.41) is 17.6. The monoisotopic (exact) mass is 375 g/mol. The van der Waals surface area contributed by atoms with Gasteiger partial charge >= 0.3 is 0 Å². The number of benzene rings is 2. The molecule has 28 heavy (non-hydrogen) atoms. The van der Waals surface area contributed by atoms with Crippen LogP contribution in [0.3, 0.4) is 0 Å². The molecule has 0 aliphatic heterocycles. The second kappa shape index (κ2) is 7.79. The van der Waals surface area contributed by atoms with E-state index in [0.717, 1.165) is 16.7 Å². The third-order valence-corrected chi connectivity index (χ3v) is 4.38. The Labute approximate surface area is 162 Å². The quantitative estimate of drug-likeness (QED) is 0.333. The van der Waals surface area contributed by atoms with Crippen molar-refractivity contribution in [3.05, 3.63) is 71.3 Å². The zero-order valence-corrected chi connectivity index (χ0v) is 15.4. The number of hydrogen-bond donors (Lipinski definition) is 5. The van der Waals surface area contributed by atoms with E-state index in [1.165, 1.54) is 0 Å². The molecule has 0 saturated carbocycles. The minimum absolute atomic E-state index is 0.00227. The SMILES string of the molecule is CNC(=O)Cc1cc(-c2ccc(C(=N)N)cc2)oc1-c1ccc(C(=N)N)cc1. The number of nitrogens with two attached hydrogens (primary N) is 2. The lowest BCUT2D eigenvalue weighted by Gasteiger charge is -2.04. The molecule has 0 atom stereocenters. The molecule has 1 aromatic heterocycles. The molecule has 0 bridgehead atoms. The van der Waals surface area contributed by atoms with Crippen LogP contribution in [0, 0.1) is 10.8 Å². The van der Waals surface area contributed by atoms with Gasteiger partial charge in [0, 0.05) is 34.9 Å². The summed E-state index contributed by atoms with van der Waals surface area (Å²) in [5.74, 6) is 1.06. The number of carbonyl (C=O) groups is 1. The zero-order valence-electron chi connectivity index (χ0n) is 15.4. The highest BCUT2D eigenvalue weighted by Crippen LogP contribution is 2.33. The van der Waals surface area contributed by atoms with E-state index in [1.54, 1.807) is 31.3 Å². The van der Waals surface area contributed by atoms with E-state index < -0.39 is 0 Å². The van der Waals surface area contributed by atoms with Crippen LogP contribution in [-0.2, 0) is 11.2 Å². The number of rotatable bonds is 6. The Hall–Kier alpha value is -3.87. The van der Waals surface area contributed by atoms with Crippen LogP contribution < -0.4 is 16.8 Å². The Bertz CT molecular complexity index is 1030. The van der Waals surface area contributed by atoms with Gasteiger partial charge in [0.25, 0.3) is 0 Å². The van der Waals surface area contributed by atoms with E-state index in [2.05, 4.69) is 5.32 Å². The molecule has 0 unspecified atom stereocenters. The molecule has 3 rings (SSSR count). The number of carbonyl (C=O) groups excluding carboxylic acids is 1. The summed E-state index contributed by atoms with van der Waals surface area (Å²) in [6, 6.07) is 16.1. The van der Waals surface area contributed by atoms with Gasteiger partial charge in [0.15, 0.2) is 0 Å². The van der Waals surface area contributed by atoms with Crippen molar-refractivity contribution in [3.8, 4) is 22.6 Å². The first-order valence-electron chi connectivity index (χ1n) is 8.62. The summed E-state index contributed by atoms with van der Waals surface area (Å²) in [6.45, 7) is 0. The van der Waals surface area contributed by atoms with Crippen LogP contribution in [0.15, 0.2) is 59.0 Å². The minimum Gasteiger partial charge on any atom is -0.456 e. The maximum Gasteiger partial charge on any atom is 0.224 e. The van der Waals surface area contributed by atoms with E-state index in [-0.39, 0.29) is 24.0 Å². The predicted octanol–water partition coefficient (Wildman–Crippen LogP) is 2.47. The molecule has 7 nitrogen and oxygen atoms in total. The number of hydrogen-bond acceptors (Lipinski definition) is 4. The Morgan fingerprint density at radius 2 is 1.43 bits per heavy atom. The molecule has 0 fully saturated rings. The lowest BCUT2D eigenvalue weighted by atomic mass is 10.0. The van der Waals surface area contributed by atoms with E-state index in [0.29, 0.717) is 22.6 Å². The van der Waals surface area contributed by atoms with Gasteiger partial charge in [-0.15, -0.1) is 0 Å². The molecule has 2 aromatic carbocycles. The van der Waals surface area contributed by atoms with Gasteiger partial charge in [-0.25, -0.2) is 0 Å². The van der Waals surface area contributed by atoms with Crippen molar-refractivity contribution in [2.75, 3.05) is 7.05 Å². The van der Waals surface area contributed by atoms with Crippen molar-refractivity contribution in [3.63, 3.8) is 0 Å². The van der Waals surface area contributed by atoms with Crippen LogP contribution in [0.25, 0.3) is 22.6 Å². The number of furan rings is 1. The first kappa shape index (κ1) is 18.9. The molecule has 1 heterocycles. The van der Waals surface area contributed by atoms with Crippen molar-refractivity contribution < 1.29 is 9.21 Å². The van der Waals surface area contributed by atoms with Gasteiger partial charge < -0.3 is 21.2 Å². The van der Waals surface area contributed by atoms with E-state index in [4.69, 9.17) is 26.7 Å². The molecule has 142 valence electrons. The lowest BCUT2D eigenvalue weighted by Crippen LogP contribution is -2.19. The average molecular weight is 375 g/mol. The first-order valence-corrected chi connectivity index (χ1v) is 8.62. The van der Waals surface area contributed by atoms with E-state index >= 15 is 0 Å². The Morgan fingerprint density at radius 3 is 1.89 bits per heavy atom. The van der Waals surface area contributed by atoms with Crippen LogP contribution >= 0.6 is 0 Å². The third kappa shape index (κ3) is 3.93. The molecule has 7 N–H and O–H groups in total. The van der Waals surface area contributed by atoms with Crippen molar-refractivity contribution in [1.82, 2.24) is 5.32 Å². The van der Waals surface area contributed by atoms with Crippen molar-refractivity contribution in [1.29, 1.82) is 10.8 Å². The van der Waals surface area contributed by atoms with Gasteiger partial charge in [-0.05, 0) is 6.07 Å². The largest absolute Gasteiger partial charge is 0.456 e. The third-order valence-electron chi connectivity index (χ3n) is 4.38. The smallest absolute Gasteiger partial charge is 0.224 e. The standard InChI is InChI=1S/C21H21N5O2/c1-26-18(27)11-16-10-17(12-2-6-14(7-3-12)20(22)23)28-19(16)13-4-8-15(9-5-13)21(24)25/h2-10H,11H2,1H3,(H3,22,23)(H3,24,25)(H,26,27). The Kier molecular flexibility index (Phi) is 5.26. The van der Waals surface area contributed by atoms with Crippen molar-refractivity contribution >= 4 is 17.6 Å². The maximum atomic E-state index is 11.9. The van der Waals surface area contributed by atoms with Crippen LogP contribution in [0.1, 0.15) is 16.7 Å². The zero-order chi connectivity index (χ0) is 20.3. The van der Waals surface area contributed by atoms with Crippen LogP contribution in [0.4, 0.5) is 0 Å². The lowest BCUT2D eigenvalue weighted by molar-refractivity contribution is -0.119. The maximum absolute atomic E-state index is 11.9.